The molecule has 0 atom stereocenters. The summed E-state index contributed by atoms with van der Waals surface area (Å²) in [5, 5.41) is 4.51. The lowest BCUT2D eigenvalue weighted by molar-refractivity contribution is 0.0784. The number of hydrogen-bond acceptors (Lipinski definition) is 4. The predicted molar refractivity (Wildman–Crippen MR) is 92.7 cm³/mol. The quantitative estimate of drug-likeness (QED) is 0.817. The van der Waals surface area contributed by atoms with Crippen molar-refractivity contribution in [3.8, 4) is 11.5 Å². The summed E-state index contributed by atoms with van der Waals surface area (Å²) in [6.07, 6.45) is 0. The van der Waals surface area contributed by atoms with E-state index in [-0.39, 0.29) is 5.91 Å². The minimum absolute atomic E-state index is 0.0877. The Hall–Kier alpha value is -2.50. The summed E-state index contributed by atoms with van der Waals surface area (Å²) in [5.74, 6) is 1.10. The highest BCUT2D eigenvalue weighted by molar-refractivity contribution is 5.95. The van der Waals surface area contributed by atoms with Gasteiger partial charge in [-0.3, -0.25) is 9.48 Å². The monoisotopic (exact) mass is 331 g/mol. The minimum Gasteiger partial charge on any atom is -0.497 e. The molecule has 130 valence electrons. The molecule has 24 heavy (non-hydrogen) atoms. The minimum atomic E-state index is -0.0877. The van der Waals surface area contributed by atoms with Gasteiger partial charge in [0, 0.05) is 43.0 Å². The summed E-state index contributed by atoms with van der Waals surface area (Å²) in [4.78, 5) is 14.5. The molecule has 1 heterocycles. The van der Waals surface area contributed by atoms with Crippen molar-refractivity contribution in [1.82, 2.24) is 14.7 Å². The molecule has 0 aliphatic heterocycles. The van der Waals surface area contributed by atoms with Gasteiger partial charge in [0.25, 0.3) is 5.91 Å². The molecule has 0 radical (unpaired) electrons. The summed E-state index contributed by atoms with van der Waals surface area (Å²) in [5.41, 5.74) is 3.67. The van der Waals surface area contributed by atoms with Gasteiger partial charge in [-0.2, -0.15) is 5.10 Å². The van der Waals surface area contributed by atoms with Crippen LogP contribution in [0.25, 0.3) is 0 Å². The lowest BCUT2D eigenvalue weighted by atomic mass is 10.1. The fourth-order valence-electron chi connectivity index (χ4n) is 2.73. The van der Waals surface area contributed by atoms with Gasteiger partial charge >= 0.3 is 0 Å². The van der Waals surface area contributed by atoms with Crippen LogP contribution in [0.5, 0.6) is 11.5 Å². The molecule has 0 aliphatic rings. The van der Waals surface area contributed by atoms with Gasteiger partial charge in [0.2, 0.25) is 0 Å². The molecule has 6 heteroatoms. The first-order valence-corrected chi connectivity index (χ1v) is 7.92. The molecule has 0 fully saturated rings. The third kappa shape index (κ3) is 3.53. The van der Waals surface area contributed by atoms with Crippen LogP contribution >= 0.6 is 0 Å². The molecule has 1 amide bonds. The number of aromatic nitrogens is 2. The van der Waals surface area contributed by atoms with Crippen LogP contribution in [0.15, 0.2) is 18.2 Å². The largest absolute Gasteiger partial charge is 0.497 e. The number of carbonyl (C=O) groups excluding carboxylic acids is 1. The lowest BCUT2D eigenvalue weighted by Crippen LogP contribution is -2.26. The van der Waals surface area contributed by atoms with Crippen molar-refractivity contribution in [3.63, 3.8) is 0 Å². The van der Waals surface area contributed by atoms with Crippen LogP contribution in [0.1, 0.15) is 34.2 Å². The fourth-order valence-corrected chi connectivity index (χ4v) is 2.73. The van der Waals surface area contributed by atoms with E-state index in [2.05, 4.69) is 12.0 Å². The zero-order chi connectivity index (χ0) is 17.9. The maximum atomic E-state index is 12.8. The second-order valence-corrected chi connectivity index (χ2v) is 5.73. The van der Waals surface area contributed by atoms with Crippen LogP contribution in [-0.2, 0) is 13.1 Å². The Bertz CT molecular complexity index is 715. The molecule has 0 bridgehead atoms. The second kappa shape index (κ2) is 7.38. The van der Waals surface area contributed by atoms with Crippen molar-refractivity contribution in [1.29, 1.82) is 0 Å². The van der Waals surface area contributed by atoms with Crippen LogP contribution in [0.3, 0.4) is 0 Å². The zero-order valence-corrected chi connectivity index (χ0v) is 15.2. The van der Waals surface area contributed by atoms with Crippen LogP contribution in [0.2, 0.25) is 0 Å². The van der Waals surface area contributed by atoms with Gasteiger partial charge in [0.15, 0.2) is 0 Å². The zero-order valence-electron chi connectivity index (χ0n) is 15.2. The summed E-state index contributed by atoms with van der Waals surface area (Å²) >= 11 is 0. The number of nitrogens with zero attached hydrogens (tertiary/aromatic N) is 3. The number of hydrogen-bond donors (Lipinski definition) is 0. The van der Waals surface area contributed by atoms with Crippen molar-refractivity contribution in [3.05, 3.63) is 40.7 Å². The summed E-state index contributed by atoms with van der Waals surface area (Å²) in [6.45, 7) is 7.39. The van der Waals surface area contributed by atoms with Crippen molar-refractivity contribution < 1.29 is 14.3 Å². The first-order valence-electron chi connectivity index (χ1n) is 7.92. The van der Waals surface area contributed by atoms with E-state index in [1.807, 2.05) is 18.5 Å². The van der Waals surface area contributed by atoms with Gasteiger partial charge in [0.1, 0.15) is 11.5 Å². The second-order valence-electron chi connectivity index (χ2n) is 5.73. The number of amides is 1. The molecule has 0 spiro atoms. The molecular formula is C18H25N3O3. The number of ether oxygens (including phenoxy) is 2. The maximum Gasteiger partial charge on any atom is 0.254 e. The molecule has 0 unspecified atom stereocenters. The number of aryl methyl sites for hydroxylation is 2. The predicted octanol–water partition coefficient (Wildman–Crippen LogP) is 2.81. The first kappa shape index (κ1) is 17.8. The van der Waals surface area contributed by atoms with E-state index in [1.165, 1.54) is 0 Å². The standard InChI is InChI=1S/C18H25N3O3/c1-7-21-13(3)17(12(2)19-21)11-20(4)18(22)14-8-15(23-5)10-16(9-14)24-6/h8-10H,7,11H2,1-6H3. The van der Waals surface area contributed by atoms with Crippen LogP contribution in [-0.4, -0.2) is 41.9 Å². The molecule has 0 aliphatic carbocycles. The Morgan fingerprint density at radius 3 is 2.21 bits per heavy atom. The third-order valence-corrected chi connectivity index (χ3v) is 4.17. The molecule has 0 N–H and O–H groups in total. The van der Waals surface area contributed by atoms with Crippen LogP contribution in [0, 0.1) is 13.8 Å². The third-order valence-electron chi connectivity index (χ3n) is 4.17. The van der Waals surface area contributed by atoms with Crippen molar-refractivity contribution in [2.24, 2.45) is 0 Å². The number of carbonyl (C=O) groups is 1. The van der Waals surface area contributed by atoms with Crippen molar-refractivity contribution >= 4 is 5.91 Å². The Morgan fingerprint density at radius 2 is 1.75 bits per heavy atom. The Labute approximate surface area is 143 Å². The van der Waals surface area contributed by atoms with E-state index >= 15 is 0 Å². The summed E-state index contributed by atoms with van der Waals surface area (Å²) < 4.78 is 12.4. The average molecular weight is 331 g/mol. The molecule has 0 saturated heterocycles. The topological polar surface area (TPSA) is 56.6 Å². The number of methoxy groups -OCH3 is 2. The van der Waals surface area contributed by atoms with Crippen LogP contribution < -0.4 is 9.47 Å². The van der Waals surface area contributed by atoms with Gasteiger partial charge < -0.3 is 14.4 Å². The van der Waals surface area contributed by atoms with Gasteiger partial charge in [0.05, 0.1) is 19.9 Å². The lowest BCUT2D eigenvalue weighted by Gasteiger charge is -2.18. The normalized spacial score (nSPS) is 10.6. The smallest absolute Gasteiger partial charge is 0.254 e. The van der Waals surface area contributed by atoms with E-state index in [4.69, 9.17) is 9.47 Å². The van der Waals surface area contributed by atoms with Crippen molar-refractivity contribution in [2.75, 3.05) is 21.3 Å². The Balaban J connectivity index is 2.26. The molecule has 0 saturated carbocycles. The maximum absolute atomic E-state index is 12.8. The van der Waals surface area contributed by atoms with E-state index in [0.717, 1.165) is 23.5 Å². The SMILES string of the molecule is CCn1nc(C)c(CN(C)C(=O)c2cc(OC)cc(OC)c2)c1C. The summed E-state index contributed by atoms with van der Waals surface area (Å²) in [6, 6.07) is 5.18. The summed E-state index contributed by atoms with van der Waals surface area (Å²) in [7, 11) is 4.92. The molecule has 2 rings (SSSR count). The highest BCUT2D eigenvalue weighted by Crippen LogP contribution is 2.24. The average Bonchev–Trinajstić information content (AvgIpc) is 2.87. The van der Waals surface area contributed by atoms with Crippen LogP contribution in [0.4, 0.5) is 0 Å². The molecular weight excluding hydrogens is 306 g/mol. The van der Waals surface area contributed by atoms with Crippen molar-refractivity contribution in [2.45, 2.75) is 33.9 Å². The van der Waals surface area contributed by atoms with Gasteiger partial charge in [-0.1, -0.05) is 0 Å². The van der Waals surface area contributed by atoms with E-state index in [9.17, 15) is 4.79 Å². The van der Waals surface area contributed by atoms with E-state index in [0.29, 0.717) is 23.6 Å². The van der Waals surface area contributed by atoms with E-state index in [1.54, 1.807) is 44.4 Å². The highest BCUT2D eigenvalue weighted by atomic mass is 16.5. The molecule has 1 aromatic carbocycles. The number of rotatable bonds is 6. The van der Waals surface area contributed by atoms with Gasteiger partial charge in [-0.15, -0.1) is 0 Å². The number of benzene rings is 1. The molecule has 1 aromatic heterocycles. The molecule has 6 nitrogen and oxygen atoms in total. The van der Waals surface area contributed by atoms with Gasteiger partial charge in [-0.25, -0.2) is 0 Å². The Kier molecular flexibility index (Phi) is 5.49. The Morgan fingerprint density at radius 1 is 1.17 bits per heavy atom. The molecule has 2 aromatic rings. The fraction of sp³-hybridized carbons (Fsp3) is 0.444. The highest BCUT2D eigenvalue weighted by Gasteiger charge is 2.18. The first-order chi connectivity index (χ1) is 11.4. The van der Waals surface area contributed by atoms with Gasteiger partial charge in [-0.05, 0) is 32.9 Å². The van der Waals surface area contributed by atoms with E-state index < -0.39 is 0 Å².